The summed E-state index contributed by atoms with van der Waals surface area (Å²) in [6, 6.07) is 29.3. The van der Waals surface area contributed by atoms with Crippen molar-refractivity contribution in [1.82, 2.24) is 0 Å². The third kappa shape index (κ3) is 3.78. The maximum Gasteiger partial charge on any atom is 0.338 e. The molecule has 2 heterocycles. The van der Waals surface area contributed by atoms with E-state index in [1.165, 1.54) is 32.1 Å². The van der Waals surface area contributed by atoms with Crippen molar-refractivity contribution in [3.63, 3.8) is 0 Å². The van der Waals surface area contributed by atoms with Gasteiger partial charge in [-0.1, -0.05) is 66.7 Å². The lowest BCUT2D eigenvalue weighted by Gasteiger charge is -2.42. The van der Waals surface area contributed by atoms with Crippen LogP contribution in [0, 0.1) is 0 Å². The molecular weight excluding hydrogens is 470 g/mol. The summed E-state index contributed by atoms with van der Waals surface area (Å²) in [5, 5.41) is 1.92. The van der Waals surface area contributed by atoms with Crippen molar-refractivity contribution < 1.29 is 14.3 Å². The molecule has 4 heteroatoms. The molecule has 2 aliphatic rings. The number of benzene rings is 4. The van der Waals surface area contributed by atoms with Gasteiger partial charge < -0.3 is 14.4 Å². The van der Waals surface area contributed by atoms with Crippen molar-refractivity contribution in [2.45, 2.75) is 38.7 Å². The zero-order chi connectivity index (χ0) is 26.3. The minimum absolute atomic E-state index is 0.360. The second kappa shape index (κ2) is 9.68. The van der Waals surface area contributed by atoms with Gasteiger partial charge in [0.25, 0.3) is 0 Å². The molecule has 0 bridgehead atoms. The van der Waals surface area contributed by atoms with Crippen molar-refractivity contribution in [1.29, 1.82) is 0 Å². The van der Waals surface area contributed by atoms with E-state index in [-0.39, 0.29) is 5.97 Å². The number of hydrogen-bond donors (Lipinski definition) is 0. The minimum atomic E-state index is -0.837. The highest BCUT2D eigenvalue weighted by Gasteiger charge is 2.45. The lowest BCUT2D eigenvalue weighted by Crippen LogP contribution is -2.39. The topological polar surface area (TPSA) is 38.8 Å². The van der Waals surface area contributed by atoms with Crippen LogP contribution >= 0.6 is 0 Å². The Morgan fingerprint density at radius 1 is 0.842 bits per heavy atom. The van der Waals surface area contributed by atoms with Crippen LogP contribution in [0.25, 0.3) is 16.3 Å². The molecule has 1 unspecified atom stereocenters. The first kappa shape index (κ1) is 24.3. The third-order valence-corrected chi connectivity index (χ3v) is 8.30. The summed E-state index contributed by atoms with van der Waals surface area (Å²) in [4.78, 5) is 15.4. The first-order chi connectivity index (χ1) is 18.5. The van der Waals surface area contributed by atoms with Gasteiger partial charge in [0.2, 0.25) is 0 Å². The molecule has 4 aromatic rings. The van der Waals surface area contributed by atoms with E-state index in [1.807, 2.05) is 30.3 Å². The van der Waals surface area contributed by atoms with Gasteiger partial charge in [0, 0.05) is 40.9 Å². The molecule has 1 atom stereocenters. The molecule has 6 rings (SSSR count). The number of esters is 1. The summed E-state index contributed by atoms with van der Waals surface area (Å²) in [6.45, 7) is 6.43. The largest absolute Gasteiger partial charge is 0.472 e. The van der Waals surface area contributed by atoms with Gasteiger partial charge in [0.15, 0.2) is 5.60 Å². The highest BCUT2D eigenvalue weighted by molar-refractivity contribution is 6.06. The van der Waals surface area contributed by atoms with Crippen LogP contribution in [0.2, 0.25) is 0 Å². The van der Waals surface area contributed by atoms with E-state index < -0.39 is 5.60 Å². The van der Waals surface area contributed by atoms with Gasteiger partial charge in [-0.2, -0.15) is 0 Å². The number of rotatable bonds is 4. The number of hydrogen-bond acceptors (Lipinski definition) is 4. The normalized spacial score (nSPS) is 19.2. The standard InChI is InChI=1S/C34H33NO3/c1-23-24(2)34(26-13-6-4-7-14-26,27-16-18-28(19-17-27)35-20-10-5-11-21-35)38-32-29-15-9-8-12-25(29)22-30(31(23)32)33(36)37-3/h4,6-9,12-19,22H,5,10-11,20-21H2,1-3H3. The van der Waals surface area contributed by atoms with Gasteiger partial charge in [0.1, 0.15) is 5.75 Å². The summed E-state index contributed by atoms with van der Waals surface area (Å²) < 4.78 is 12.4. The quantitative estimate of drug-likeness (QED) is 0.267. The summed E-state index contributed by atoms with van der Waals surface area (Å²) in [6.07, 6.45) is 3.79. The lowest BCUT2D eigenvalue weighted by molar-refractivity contribution is 0.0598. The van der Waals surface area contributed by atoms with Crippen LogP contribution in [0.15, 0.2) is 90.5 Å². The van der Waals surface area contributed by atoms with Crippen molar-refractivity contribution in [2.24, 2.45) is 0 Å². The minimum Gasteiger partial charge on any atom is -0.472 e. The van der Waals surface area contributed by atoms with Crippen LogP contribution < -0.4 is 9.64 Å². The van der Waals surface area contributed by atoms with Crippen molar-refractivity contribution in [3.05, 3.63) is 113 Å². The van der Waals surface area contributed by atoms with Gasteiger partial charge in [-0.3, -0.25) is 0 Å². The Labute approximate surface area is 224 Å². The van der Waals surface area contributed by atoms with Gasteiger partial charge in [0.05, 0.1) is 12.7 Å². The van der Waals surface area contributed by atoms with Crippen LogP contribution in [0.1, 0.15) is 60.2 Å². The molecule has 192 valence electrons. The Hall–Kier alpha value is -4.05. The van der Waals surface area contributed by atoms with Crippen LogP contribution in [0.4, 0.5) is 5.69 Å². The van der Waals surface area contributed by atoms with Crippen molar-refractivity contribution in [2.75, 3.05) is 25.1 Å². The zero-order valence-electron chi connectivity index (χ0n) is 22.3. The molecule has 4 aromatic carbocycles. The maximum absolute atomic E-state index is 13.0. The number of anilines is 1. The molecule has 0 amide bonds. The van der Waals surface area contributed by atoms with Crippen LogP contribution in [0.5, 0.6) is 5.75 Å². The highest BCUT2D eigenvalue weighted by atomic mass is 16.5. The fraction of sp³-hybridized carbons (Fsp3) is 0.265. The maximum atomic E-state index is 13.0. The summed E-state index contributed by atoms with van der Waals surface area (Å²) >= 11 is 0. The van der Waals surface area contributed by atoms with E-state index in [2.05, 4.69) is 73.3 Å². The molecule has 0 aromatic heterocycles. The Morgan fingerprint density at radius 3 is 2.21 bits per heavy atom. The number of piperidine rings is 1. The van der Waals surface area contributed by atoms with Crippen molar-refractivity contribution >= 4 is 28.0 Å². The Kier molecular flexibility index (Phi) is 6.19. The molecule has 0 radical (unpaired) electrons. The van der Waals surface area contributed by atoms with Gasteiger partial charge in [-0.25, -0.2) is 4.79 Å². The molecule has 0 spiro atoms. The van der Waals surface area contributed by atoms with E-state index in [0.717, 1.165) is 57.4 Å². The predicted octanol–water partition coefficient (Wildman–Crippen LogP) is 7.75. The average Bonchev–Trinajstić information content (AvgIpc) is 2.99. The molecule has 0 N–H and O–H groups in total. The molecule has 2 aliphatic heterocycles. The molecule has 38 heavy (non-hydrogen) atoms. The van der Waals surface area contributed by atoms with Gasteiger partial charge >= 0.3 is 5.97 Å². The highest BCUT2D eigenvalue weighted by Crippen LogP contribution is 2.52. The molecule has 0 saturated carbocycles. The average molecular weight is 504 g/mol. The third-order valence-electron chi connectivity index (χ3n) is 8.30. The number of methoxy groups -OCH3 is 1. The van der Waals surface area contributed by atoms with E-state index in [0.29, 0.717) is 5.56 Å². The fourth-order valence-corrected chi connectivity index (χ4v) is 6.19. The molecule has 1 saturated heterocycles. The van der Waals surface area contributed by atoms with Gasteiger partial charge in [-0.15, -0.1) is 0 Å². The number of nitrogens with zero attached hydrogens (tertiary/aromatic N) is 1. The van der Waals surface area contributed by atoms with Crippen molar-refractivity contribution in [3.8, 4) is 5.75 Å². The Bertz CT molecular complexity index is 1530. The van der Waals surface area contributed by atoms with Crippen LogP contribution in [0.3, 0.4) is 0 Å². The van der Waals surface area contributed by atoms with E-state index in [9.17, 15) is 4.79 Å². The van der Waals surface area contributed by atoms with E-state index >= 15 is 0 Å². The fourth-order valence-electron chi connectivity index (χ4n) is 6.19. The number of fused-ring (bicyclic) bond motifs is 3. The Balaban J connectivity index is 1.60. The molecule has 4 nitrogen and oxygen atoms in total. The van der Waals surface area contributed by atoms with Crippen LogP contribution in [-0.4, -0.2) is 26.2 Å². The summed E-state index contributed by atoms with van der Waals surface area (Å²) in [5.41, 5.74) is 5.97. The molecule has 1 fully saturated rings. The monoisotopic (exact) mass is 503 g/mol. The van der Waals surface area contributed by atoms with Gasteiger partial charge in [-0.05, 0) is 67.8 Å². The summed E-state index contributed by atoms with van der Waals surface area (Å²) in [7, 11) is 1.43. The number of ether oxygens (including phenoxy) is 2. The Morgan fingerprint density at radius 2 is 1.50 bits per heavy atom. The van der Waals surface area contributed by atoms with Crippen LogP contribution in [-0.2, 0) is 10.3 Å². The SMILES string of the molecule is COC(=O)c1cc2ccccc2c2c1C(C)=C(C)C(c1ccccc1)(c1ccc(N3CCCCC3)cc1)O2. The molecular formula is C34H33NO3. The zero-order valence-corrected chi connectivity index (χ0v) is 22.3. The first-order valence-electron chi connectivity index (χ1n) is 13.5. The number of carbonyl (C=O) groups is 1. The smallest absolute Gasteiger partial charge is 0.338 e. The van der Waals surface area contributed by atoms with E-state index in [4.69, 9.17) is 9.47 Å². The number of allylic oxidation sites excluding steroid dienone is 1. The second-order valence-corrected chi connectivity index (χ2v) is 10.3. The second-order valence-electron chi connectivity index (χ2n) is 10.3. The molecule has 0 aliphatic carbocycles. The first-order valence-corrected chi connectivity index (χ1v) is 13.5. The van der Waals surface area contributed by atoms with E-state index in [1.54, 1.807) is 0 Å². The summed E-state index contributed by atoms with van der Waals surface area (Å²) in [5.74, 6) is 0.358. The lowest BCUT2D eigenvalue weighted by atomic mass is 9.74. The number of carbonyl (C=O) groups excluding carboxylic acids is 1. The predicted molar refractivity (Wildman–Crippen MR) is 154 cm³/mol.